The Bertz CT molecular complexity index is 333. The summed E-state index contributed by atoms with van der Waals surface area (Å²) in [5.74, 6) is 5.21. The van der Waals surface area contributed by atoms with E-state index in [1.54, 1.807) is 32.0 Å². The van der Waals surface area contributed by atoms with Gasteiger partial charge < -0.3 is 0 Å². The van der Waals surface area contributed by atoms with Crippen LogP contribution in [0.2, 0.25) is 17.5 Å². The highest BCUT2D eigenvalue weighted by Gasteiger charge is 2.52. The zero-order valence-electron chi connectivity index (χ0n) is 14.3. The van der Waals surface area contributed by atoms with Crippen molar-refractivity contribution in [2.75, 3.05) is 0 Å². The van der Waals surface area contributed by atoms with Crippen molar-refractivity contribution in [1.29, 1.82) is 0 Å². The third-order valence-electron chi connectivity index (χ3n) is 7.91. The van der Waals surface area contributed by atoms with Crippen LogP contribution in [0.1, 0.15) is 79.1 Å². The molecule has 0 bridgehead atoms. The van der Waals surface area contributed by atoms with Crippen LogP contribution in [0.5, 0.6) is 0 Å². The third-order valence-corrected chi connectivity index (χ3v) is 7.91. The lowest BCUT2D eigenvalue weighted by Crippen LogP contribution is -2.49. The second-order valence-corrected chi connectivity index (χ2v) is 9.14. The molecule has 4 atom stereocenters. The van der Waals surface area contributed by atoms with Gasteiger partial charge in [-0.2, -0.15) is 0 Å². The van der Waals surface area contributed by atoms with Crippen LogP contribution >= 0.6 is 0 Å². The molecule has 1 heteroatoms. The highest BCUT2D eigenvalue weighted by Crippen LogP contribution is 2.59. The molecular formula is C19H35B. The topological polar surface area (TPSA) is 0 Å². The molecular weight excluding hydrogens is 239 g/mol. The Labute approximate surface area is 127 Å². The molecule has 20 heavy (non-hydrogen) atoms. The van der Waals surface area contributed by atoms with Crippen molar-refractivity contribution in [3.63, 3.8) is 0 Å². The predicted octanol–water partition coefficient (Wildman–Crippen LogP) is 6.30. The summed E-state index contributed by atoms with van der Waals surface area (Å²) in [6.07, 6.45) is 13.9. The summed E-state index contributed by atoms with van der Waals surface area (Å²) in [7, 11) is 0. The summed E-state index contributed by atoms with van der Waals surface area (Å²) < 4.78 is 0. The lowest BCUT2D eigenvalue weighted by Gasteiger charge is -2.55. The molecule has 0 N–H and O–H groups in total. The van der Waals surface area contributed by atoms with Crippen molar-refractivity contribution in [3.05, 3.63) is 0 Å². The molecule has 1 aliphatic heterocycles. The van der Waals surface area contributed by atoms with Crippen molar-refractivity contribution in [2.45, 2.75) is 96.5 Å². The van der Waals surface area contributed by atoms with Crippen molar-refractivity contribution in [2.24, 2.45) is 23.7 Å². The monoisotopic (exact) mass is 274 g/mol. The maximum atomic E-state index is 2.58. The Morgan fingerprint density at radius 3 is 2.15 bits per heavy atom. The molecule has 3 fully saturated rings. The minimum absolute atomic E-state index is 0.544. The molecule has 1 heterocycles. The normalized spacial score (nSPS) is 38.5. The molecule has 0 nitrogen and oxygen atoms in total. The minimum atomic E-state index is 0.544. The predicted molar refractivity (Wildman–Crippen MR) is 90.6 cm³/mol. The van der Waals surface area contributed by atoms with E-state index in [1.807, 2.05) is 0 Å². The van der Waals surface area contributed by atoms with Crippen LogP contribution < -0.4 is 0 Å². The number of rotatable bonds is 2. The van der Waals surface area contributed by atoms with Crippen LogP contribution in [0, 0.1) is 23.7 Å². The largest absolute Gasteiger partial charge is 0.150 e. The van der Waals surface area contributed by atoms with Crippen molar-refractivity contribution < 1.29 is 0 Å². The third kappa shape index (κ3) is 2.48. The van der Waals surface area contributed by atoms with E-state index < -0.39 is 0 Å². The Morgan fingerprint density at radius 2 is 1.45 bits per heavy atom. The number of fused-ring (bicyclic) bond motifs is 3. The lowest BCUT2D eigenvalue weighted by molar-refractivity contribution is 0.118. The standard InChI is InChI=1S/C19H35B/c1-14(2)19(3,4)20-13-15-9-5-6-10-16(15)17-11-7-8-12-18(17)20/h14-18H,5-13H2,1-4H3/t15-,16-,17+,18-/m0/s1. The van der Waals surface area contributed by atoms with Gasteiger partial charge >= 0.3 is 0 Å². The van der Waals surface area contributed by atoms with E-state index in [2.05, 4.69) is 27.7 Å². The van der Waals surface area contributed by atoms with Gasteiger partial charge in [0, 0.05) is 0 Å². The van der Waals surface area contributed by atoms with Gasteiger partial charge in [-0.25, -0.2) is 0 Å². The second-order valence-electron chi connectivity index (χ2n) is 9.14. The van der Waals surface area contributed by atoms with E-state index >= 15 is 0 Å². The van der Waals surface area contributed by atoms with Crippen LogP contribution in [0.3, 0.4) is 0 Å². The number of hydrogen-bond donors (Lipinski definition) is 0. The molecule has 1 saturated heterocycles. The SMILES string of the molecule is CC(C)C(C)(C)B1C[C@@H]2CCCC[C@@H]2[C@H]2CCCC[C@H]12. The smallest absolute Gasteiger partial charge is 0.0703 e. The summed E-state index contributed by atoms with van der Waals surface area (Å²) in [6.45, 7) is 11.1. The second kappa shape index (κ2) is 5.69. The van der Waals surface area contributed by atoms with Crippen LogP contribution in [0.25, 0.3) is 0 Å². The molecule has 0 amide bonds. The Hall–Kier alpha value is 0.0649. The Morgan fingerprint density at radius 1 is 0.850 bits per heavy atom. The average molecular weight is 274 g/mol. The molecule has 0 aromatic carbocycles. The fourth-order valence-corrected chi connectivity index (χ4v) is 6.10. The van der Waals surface area contributed by atoms with E-state index in [9.17, 15) is 0 Å². The van der Waals surface area contributed by atoms with Gasteiger partial charge in [0.1, 0.15) is 6.71 Å². The van der Waals surface area contributed by atoms with Gasteiger partial charge in [-0.1, -0.05) is 90.1 Å². The molecule has 0 aromatic rings. The molecule has 2 aliphatic carbocycles. The Balaban J connectivity index is 1.86. The van der Waals surface area contributed by atoms with Gasteiger partial charge in [0.15, 0.2) is 0 Å². The molecule has 3 rings (SSSR count). The van der Waals surface area contributed by atoms with E-state index in [4.69, 9.17) is 0 Å². The van der Waals surface area contributed by atoms with E-state index in [0.717, 1.165) is 36.2 Å². The summed E-state index contributed by atoms with van der Waals surface area (Å²) in [4.78, 5) is 0. The first-order valence-corrected chi connectivity index (χ1v) is 9.51. The van der Waals surface area contributed by atoms with Crippen LogP contribution in [0.4, 0.5) is 0 Å². The molecule has 0 unspecified atom stereocenters. The van der Waals surface area contributed by atoms with E-state index in [0.29, 0.717) is 5.31 Å². The van der Waals surface area contributed by atoms with Gasteiger partial charge in [0.2, 0.25) is 0 Å². The summed E-state index contributed by atoms with van der Waals surface area (Å²) in [6, 6.07) is 0. The first-order valence-electron chi connectivity index (χ1n) is 9.51. The summed E-state index contributed by atoms with van der Waals surface area (Å²) in [5, 5.41) is 0.544. The quantitative estimate of drug-likeness (QED) is 0.518. The maximum Gasteiger partial charge on any atom is 0.150 e. The summed E-state index contributed by atoms with van der Waals surface area (Å²) >= 11 is 0. The zero-order valence-corrected chi connectivity index (χ0v) is 14.3. The van der Waals surface area contributed by atoms with Gasteiger partial charge in [-0.15, -0.1) is 0 Å². The zero-order chi connectivity index (χ0) is 14.3. The van der Waals surface area contributed by atoms with Crippen LogP contribution in [-0.2, 0) is 0 Å². The molecule has 0 radical (unpaired) electrons. The lowest BCUT2D eigenvalue weighted by atomic mass is 9.18. The summed E-state index contributed by atoms with van der Waals surface area (Å²) in [5.41, 5.74) is 0. The van der Waals surface area contributed by atoms with Crippen LogP contribution in [-0.4, -0.2) is 6.71 Å². The average Bonchev–Trinajstić information content (AvgIpc) is 2.46. The van der Waals surface area contributed by atoms with Crippen molar-refractivity contribution in [3.8, 4) is 0 Å². The number of hydrogen-bond acceptors (Lipinski definition) is 0. The van der Waals surface area contributed by atoms with Crippen molar-refractivity contribution in [1.82, 2.24) is 0 Å². The van der Waals surface area contributed by atoms with E-state index in [-0.39, 0.29) is 0 Å². The highest BCUT2D eigenvalue weighted by molar-refractivity contribution is 6.64. The van der Waals surface area contributed by atoms with Crippen molar-refractivity contribution >= 4 is 6.71 Å². The van der Waals surface area contributed by atoms with Gasteiger partial charge in [-0.3, -0.25) is 0 Å². The maximum absolute atomic E-state index is 2.58. The molecule has 3 aliphatic rings. The van der Waals surface area contributed by atoms with Gasteiger partial charge in [0.25, 0.3) is 0 Å². The highest BCUT2D eigenvalue weighted by atomic mass is 14.4. The molecule has 2 saturated carbocycles. The molecule has 114 valence electrons. The van der Waals surface area contributed by atoms with Gasteiger partial charge in [-0.05, 0) is 30.1 Å². The first-order chi connectivity index (χ1) is 9.51. The fourth-order valence-electron chi connectivity index (χ4n) is 6.10. The molecule has 0 spiro atoms. The fraction of sp³-hybridized carbons (Fsp3) is 1.00. The first kappa shape index (κ1) is 15.0. The van der Waals surface area contributed by atoms with Crippen LogP contribution in [0.15, 0.2) is 0 Å². The molecule has 0 aromatic heterocycles. The van der Waals surface area contributed by atoms with Gasteiger partial charge in [0.05, 0.1) is 0 Å². The van der Waals surface area contributed by atoms with E-state index in [1.165, 1.54) is 25.7 Å². The minimum Gasteiger partial charge on any atom is -0.0703 e. The Kier molecular flexibility index (Phi) is 4.26.